The molecule has 7 aliphatic rings. The van der Waals surface area contributed by atoms with Crippen LogP contribution in [0.2, 0.25) is 0 Å². The van der Waals surface area contributed by atoms with Crippen LogP contribution in [0.4, 0.5) is 72.8 Å². The zero-order chi connectivity index (χ0) is 109. The number of likely N-dealkylation sites (tertiary alicyclic amines) is 4. The van der Waals surface area contributed by atoms with Crippen LogP contribution in [0.15, 0.2) is 146 Å². The number of morpholine rings is 1. The fraction of sp³-hybridized carbons (Fsp3) is 0.615. The third-order valence-electron chi connectivity index (χ3n) is 28.4. The van der Waals surface area contributed by atoms with Crippen molar-refractivity contribution in [2.75, 3.05) is 170 Å². The third kappa shape index (κ3) is 38.9. The van der Waals surface area contributed by atoms with Crippen molar-refractivity contribution in [1.82, 2.24) is 48.8 Å². The molecule has 29 heteroatoms. The Morgan fingerprint density at radius 2 is 0.863 bits per heavy atom. The Morgan fingerprint density at radius 1 is 0.418 bits per heavy atom. The minimum atomic E-state index is -4.33. The molecule has 0 bridgehead atoms. The number of β-amino-alcohol motifs (C(OH)–C–C–N with tert-alkyl or cyclic N) is 1. The van der Waals surface area contributed by atoms with Gasteiger partial charge in [0, 0.05) is 161 Å². The summed E-state index contributed by atoms with van der Waals surface area (Å²) in [6, 6.07) is 36.5. The van der Waals surface area contributed by atoms with Crippen molar-refractivity contribution in [3.05, 3.63) is 247 Å². The van der Waals surface area contributed by atoms with Crippen LogP contribution in [-0.4, -0.2) is 238 Å². The maximum Gasteiger partial charge on any atom is 0.416 e. The molecule has 1 aliphatic carbocycles. The Balaban J connectivity index is 0.000000190. The summed E-state index contributed by atoms with van der Waals surface area (Å²) in [7, 11) is 12.6. The number of ether oxygens (including phenoxy) is 2. The molecule has 7 aromatic carbocycles. The molecule has 814 valence electrons. The Hall–Kier alpha value is -8.23. The number of piperazine rings is 1. The topological polar surface area (TPSA) is 97.7 Å². The first kappa shape index (κ1) is 121. The van der Waals surface area contributed by atoms with Gasteiger partial charge in [-0.15, -0.1) is 0 Å². The highest BCUT2D eigenvalue weighted by Gasteiger charge is 2.40. The number of aliphatic hydroxyl groups is 1. The molecule has 6 saturated heterocycles. The van der Waals surface area contributed by atoms with E-state index in [0.717, 1.165) is 132 Å². The lowest BCUT2D eigenvalue weighted by molar-refractivity contribution is -0.138. The van der Waals surface area contributed by atoms with E-state index < -0.39 is 47.0 Å². The second-order valence-corrected chi connectivity index (χ2v) is 48.8. The summed E-state index contributed by atoms with van der Waals surface area (Å²) >= 11 is 0. The van der Waals surface area contributed by atoms with Gasteiger partial charge in [0.1, 0.15) is 24.0 Å². The van der Waals surface area contributed by atoms with Gasteiger partial charge in [0.15, 0.2) is 0 Å². The number of aliphatic hydroxyl groups excluding tert-OH is 1. The van der Waals surface area contributed by atoms with Crippen molar-refractivity contribution in [2.24, 2.45) is 0 Å². The molecule has 146 heavy (non-hydrogen) atoms. The molecule has 15 nitrogen and oxygen atoms in total. The molecule has 15 rings (SSSR count). The summed E-state index contributed by atoms with van der Waals surface area (Å²) < 4.78 is 198. The normalized spacial score (nSPS) is 19.3. The summed E-state index contributed by atoms with van der Waals surface area (Å²) in [5.41, 5.74) is 9.34. The standard InChI is InChI=1S/C19H30N2.C18H27F3N2.C17H25F3N2O.C16H22F3NO.C16H25FN2.C16H24FNO.C15H17F3N2/c1-19(2,3)18-12-15(11-17(13-18)16-5-6-16)14-21-9-7-20(4)8-10-21;1-17(2,3)14-8-13(9-15(10-14)18(19,20)21)11-23-7-6-16(12-23)22(4)5;1-16(2,3)13-10-14(17(18,19)20)12-15(11-13)21-4-5-22-6-8-23-9-7-22;1-15(2,3)12-6-11(7-13(8-12)16(17,18)19)9-20-5-4-14(21)10-20;1-16(2,3)13-7-6-8-14(17)15(13)19(5)12-9-10-18(4)11-12;1-16(2,3)12-8-13(17)10-15(9-12)19-11-14-6-5-7-18(14)4;1-14(2,3)12-6-11(9-20-5-4-19-10-20)7-13(8-12)15(16,17)18/h11-13,16H,5-10,14H2,1-4H3;8-10,16H,6-7,11-12H2,1-5H3;10-12,21H,4-9H2,1-3H3;6-8,14,21H,4-5,9-10H2,1-3H3;6-8,12H,9-11H2,1-5H3;8-10,14H,5-7,11H2,1-4H3;4-8,10H,9H2,1-3H3/t;16-;;14-;;;/m.1.1.../s1. The van der Waals surface area contributed by atoms with Crippen LogP contribution in [0.3, 0.4) is 0 Å². The van der Waals surface area contributed by atoms with Crippen LogP contribution in [0.5, 0.6) is 5.75 Å². The van der Waals surface area contributed by atoms with Crippen molar-refractivity contribution < 1.29 is 76.0 Å². The van der Waals surface area contributed by atoms with E-state index in [1.165, 1.54) is 111 Å². The van der Waals surface area contributed by atoms with Gasteiger partial charge < -0.3 is 49.0 Å². The molecule has 7 heterocycles. The quantitative estimate of drug-likeness (QED) is 0.0752. The van der Waals surface area contributed by atoms with Gasteiger partial charge in [0.2, 0.25) is 0 Å². The number of alkyl halides is 12. The van der Waals surface area contributed by atoms with Crippen LogP contribution >= 0.6 is 0 Å². The number of rotatable bonds is 19. The number of imidazole rings is 1. The Labute approximate surface area is 863 Å². The van der Waals surface area contributed by atoms with Crippen LogP contribution in [0.25, 0.3) is 0 Å². The highest BCUT2D eigenvalue weighted by molar-refractivity contribution is 5.58. The molecule has 1 aromatic heterocycles. The Bertz CT molecular complexity index is 5250. The van der Waals surface area contributed by atoms with Crippen molar-refractivity contribution >= 4 is 11.4 Å². The number of halogens is 14. The lowest BCUT2D eigenvalue weighted by Gasteiger charge is -2.33. The second kappa shape index (κ2) is 50.8. The molecule has 0 spiro atoms. The number of hydrogen-bond donors (Lipinski definition) is 2. The maximum absolute atomic E-state index is 14.3. The molecule has 7 fully saturated rings. The molecule has 8 aromatic rings. The van der Waals surface area contributed by atoms with Gasteiger partial charge in [-0.05, 0) is 277 Å². The number of aromatic nitrogens is 2. The Morgan fingerprint density at radius 3 is 1.29 bits per heavy atom. The van der Waals surface area contributed by atoms with Crippen molar-refractivity contribution in [3.63, 3.8) is 0 Å². The minimum Gasteiger partial charge on any atom is -0.492 e. The van der Waals surface area contributed by atoms with E-state index in [4.69, 9.17) is 9.47 Å². The van der Waals surface area contributed by atoms with E-state index in [1.54, 1.807) is 41.0 Å². The number of para-hydroxylation sites is 1. The summed E-state index contributed by atoms with van der Waals surface area (Å²) in [5, 5.41) is 12.7. The van der Waals surface area contributed by atoms with E-state index in [9.17, 15) is 66.6 Å². The van der Waals surface area contributed by atoms with E-state index in [0.29, 0.717) is 103 Å². The smallest absolute Gasteiger partial charge is 0.416 e. The van der Waals surface area contributed by atoms with Gasteiger partial charge in [0.05, 0.1) is 53.6 Å². The van der Waals surface area contributed by atoms with Crippen molar-refractivity contribution in [1.29, 1.82) is 0 Å². The first-order valence-electron chi connectivity index (χ1n) is 52.0. The average Bonchev–Trinajstić information content (AvgIpc) is 1.17. The van der Waals surface area contributed by atoms with Crippen LogP contribution in [0, 0.1) is 11.6 Å². The molecular weight excluding hydrogens is 1890 g/mol. The first-order valence-corrected chi connectivity index (χ1v) is 52.0. The van der Waals surface area contributed by atoms with Gasteiger partial charge in [-0.1, -0.05) is 194 Å². The number of likely N-dealkylation sites (N-methyl/N-ethyl adjacent to an activating group) is 5. The van der Waals surface area contributed by atoms with Crippen LogP contribution < -0.4 is 15.0 Å². The summed E-state index contributed by atoms with van der Waals surface area (Å²) in [4.78, 5) is 24.4. The highest BCUT2D eigenvalue weighted by Crippen LogP contribution is 2.45. The van der Waals surface area contributed by atoms with E-state index in [1.807, 2.05) is 137 Å². The molecule has 2 unspecified atom stereocenters. The van der Waals surface area contributed by atoms with Gasteiger partial charge in [-0.3, -0.25) is 19.6 Å². The van der Waals surface area contributed by atoms with Gasteiger partial charge in [-0.2, -0.15) is 52.7 Å². The molecule has 6 aliphatic heterocycles. The summed E-state index contributed by atoms with van der Waals surface area (Å²) in [6.07, 6.45) is -4.69. The van der Waals surface area contributed by atoms with Crippen LogP contribution in [-0.2, 0) is 93.5 Å². The molecule has 2 N–H and O–H groups in total. The van der Waals surface area contributed by atoms with E-state index in [2.05, 4.69) is 165 Å². The number of nitrogens with one attached hydrogen (secondary N) is 1. The zero-order valence-electron chi connectivity index (χ0n) is 92.2. The number of anilines is 2. The van der Waals surface area contributed by atoms with Crippen molar-refractivity contribution in [2.45, 2.75) is 309 Å². The molecule has 0 amide bonds. The van der Waals surface area contributed by atoms with E-state index in [-0.39, 0.29) is 55.6 Å². The zero-order valence-corrected chi connectivity index (χ0v) is 92.2. The minimum absolute atomic E-state index is 0.0454. The first-order chi connectivity index (χ1) is 67.4. The molecule has 1 saturated carbocycles. The third-order valence-corrected chi connectivity index (χ3v) is 28.4. The lowest BCUT2D eigenvalue weighted by Crippen LogP contribution is -2.43. The predicted octanol–water partition coefficient (Wildman–Crippen LogP) is 26.2. The molecular formula is C117H170F14N12O3. The summed E-state index contributed by atoms with van der Waals surface area (Å²) in [6.45, 7) is 61.6. The number of benzene rings is 7. The average molecular weight is 2060 g/mol. The van der Waals surface area contributed by atoms with Gasteiger partial charge >= 0.3 is 24.7 Å². The maximum atomic E-state index is 14.3. The fourth-order valence-corrected chi connectivity index (χ4v) is 18.6. The van der Waals surface area contributed by atoms with Gasteiger partial charge in [-0.25, -0.2) is 13.8 Å². The molecule has 4 atom stereocenters. The largest absolute Gasteiger partial charge is 0.492 e. The second-order valence-electron chi connectivity index (χ2n) is 48.8. The lowest BCUT2D eigenvalue weighted by atomic mass is 9.84. The Kier molecular flexibility index (Phi) is 42.2. The number of nitrogens with zero attached hydrogens (tertiary/aromatic N) is 11. The molecule has 0 radical (unpaired) electrons. The van der Waals surface area contributed by atoms with E-state index >= 15 is 0 Å². The highest BCUT2D eigenvalue weighted by atomic mass is 19.4. The fourth-order valence-electron chi connectivity index (χ4n) is 18.6. The van der Waals surface area contributed by atoms with Crippen LogP contribution in [0.1, 0.15) is 285 Å². The summed E-state index contributed by atoms with van der Waals surface area (Å²) in [5.74, 6) is 1.16. The number of hydrogen-bond acceptors (Lipinski definition) is 14. The van der Waals surface area contributed by atoms with Gasteiger partial charge in [0.25, 0.3) is 0 Å². The monoisotopic (exact) mass is 2060 g/mol. The SMILES string of the molecule is CC(C)(C)c1cc(CN2CC[C@@H](O)C2)cc(C(F)(F)F)c1.CC(C)(C)c1cc(Cn2ccnc2)cc(C(F)(F)F)c1.CC(C)(C)c1cc(NCCN2CCOCC2)cc(C(F)(F)F)c1.CN(C)[C@@H]1CCN(Cc2cc(C(C)(C)C)cc(C(F)(F)F)c2)C1.CN1CCC(N(C)c2c(F)cccc2C(C)(C)C)C1.CN1CCCC1COc1cc(F)cc(C(C)(C)C)c1.CN1CCN(Cc2cc(C3CC3)cc(C(C)(C)C)c2)CC1. The van der Waals surface area contributed by atoms with Crippen molar-refractivity contribution in [3.8, 4) is 5.75 Å². The predicted molar refractivity (Wildman–Crippen MR) is 566 cm³/mol.